The molecule has 0 aliphatic rings. The molecule has 3 N–H and O–H groups in total. The lowest BCUT2D eigenvalue weighted by atomic mass is 10.0. The van der Waals surface area contributed by atoms with E-state index < -0.39 is 12.0 Å². The number of hydrogen-bond acceptors (Lipinski definition) is 4. The van der Waals surface area contributed by atoms with Crippen LogP contribution in [-0.2, 0) is 11.2 Å². The standard InChI is InChI=1S/C16H25NO4/c1-3-4-5-6-10-21-15-12(11-13(17)16(18)19)8-7-9-14(15)20-2/h7-9,13H,3-6,10-11,17H2,1-2H3,(H,18,19). The molecular formula is C16H25NO4. The summed E-state index contributed by atoms with van der Waals surface area (Å²) in [4.78, 5) is 10.9. The molecule has 0 amide bonds. The van der Waals surface area contributed by atoms with Crippen LogP contribution in [0.5, 0.6) is 11.5 Å². The highest BCUT2D eigenvalue weighted by Gasteiger charge is 2.17. The third-order valence-electron chi connectivity index (χ3n) is 3.28. The van der Waals surface area contributed by atoms with Gasteiger partial charge in [-0.05, 0) is 12.5 Å². The molecule has 5 nitrogen and oxygen atoms in total. The fourth-order valence-corrected chi connectivity index (χ4v) is 2.07. The molecule has 1 atom stereocenters. The van der Waals surface area contributed by atoms with Crippen LogP contribution in [0, 0.1) is 0 Å². The number of carbonyl (C=O) groups is 1. The average Bonchev–Trinajstić information content (AvgIpc) is 2.47. The molecule has 1 aromatic rings. The second-order valence-electron chi connectivity index (χ2n) is 5.01. The first-order valence-corrected chi connectivity index (χ1v) is 7.37. The van der Waals surface area contributed by atoms with E-state index in [2.05, 4.69) is 6.92 Å². The van der Waals surface area contributed by atoms with Crippen molar-refractivity contribution in [1.82, 2.24) is 0 Å². The number of carboxylic acid groups (broad SMARTS) is 1. The van der Waals surface area contributed by atoms with Gasteiger partial charge in [0.1, 0.15) is 6.04 Å². The molecule has 0 bridgehead atoms. The maximum atomic E-state index is 10.9. The van der Waals surface area contributed by atoms with Crippen molar-refractivity contribution < 1.29 is 19.4 Å². The van der Waals surface area contributed by atoms with Gasteiger partial charge in [-0.3, -0.25) is 4.79 Å². The van der Waals surface area contributed by atoms with E-state index in [1.807, 2.05) is 12.1 Å². The van der Waals surface area contributed by atoms with Crippen molar-refractivity contribution in [3.8, 4) is 11.5 Å². The van der Waals surface area contributed by atoms with Crippen LogP contribution in [0.4, 0.5) is 0 Å². The lowest BCUT2D eigenvalue weighted by molar-refractivity contribution is -0.138. The predicted octanol–water partition coefficient (Wildman–Crippen LogP) is 2.61. The Morgan fingerprint density at radius 1 is 1.33 bits per heavy atom. The Hall–Kier alpha value is -1.75. The summed E-state index contributed by atoms with van der Waals surface area (Å²) >= 11 is 0. The van der Waals surface area contributed by atoms with Gasteiger partial charge in [0.15, 0.2) is 11.5 Å². The van der Waals surface area contributed by atoms with Crippen LogP contribution in [0.1, 0.15) is 38.2 Å². The zero-order chi connectivity index (χ0) is 15.7. The third-order valence-corrected chi connectivity index (χ3v) is 3.28. The smallest absolute Gasteiger partial charge is 0.320 e. The van der Waals surface area contributed by atoms with Crippen molar-refractivity contribution in [2.24, 2.45) is 5.73 Å². The lowest BCUT2D eigenvalue weighted by Gasteiger charge is -2.16. The summed E-state index contributed by atoms with van der Waals surface area (Å²) in [6.45, 7) is 2.75. The van der Waals surface area contributed by atoms with E-state index in [-0.39, 0.29) is 6.42 Å². The zero-order valence-electron chi connectivity index (χ0n) is 12.8. The third kappa shape index (κ3) is 5.63. The molecule has 0 aliphatic carbocycles. The van der Waals surface area contributed by atoms with Gasteiger partial charge in [0.2, 0.25) is 0 Å². The Bertz CT molecular complexity index is 448. The molecule has 5 heteroatoms. The second-order valence-corrected chi connectivity index (χ2v) is 5.01. The normalized spacial score (nSPS) is 12.0. The first-order valence-electron chi connectivity index (χ1n) is 7.37. The Morgan fingerprint density at radius 3 is 2.71 bits per heavy atom. The molecule has 0 spiro atoms. The van der Waals surface area contributed by atoms with E-state index >= 15 is 0 Å². The van der Waals surface area contributed by atoms with Gasteiger partial charge in [-0.15, -0.1) is 0 Å². The van der Waals surface area contributed by atoms with E-state index in [1.54, 1.807) is 13.2 Å². The summed E-state index contributed by atoms with van der Waals surface area (Å²) in [5.74, 6) is 0.195. The topological polar surface area (TPSA) is 81.8 Å². The number of rotatable bonds is 10. The summed E-state index contributed by atoms with van der Waals surface area (Å²) in [6.07, 6.45) is 4.67. The van der Waals surface area contributed by atoms with E-state index in [0.29, 0.717) is 18.1 Å². The van der Waals surface area contributed by atoms with Gasteiger partial charge in [0.25, 0.3) is 0 Å². The molecule has 1 rings (SSSR count). The van der Waals surface area contributed by atoms with Gasteiger partial charge in [0, 0.05) is 12.0 Å². The molecule has 0 aliphatic heterocycles. The first-order chi connectivity index (χ1) is 10.1. The minimum absolute atomic E-state index is 0.219. The van der Waals surface area contributed by atoms with Crippen LogP contribution in [0.15, 0.2) is 18.2 Å². The van der Waals surface area contributed by atoms with E-state index in [9.17, 15) is 4.79 Å². The van der Waals surface area contributed by atoms with Crippen molar-refractivity contribution in [3.05, 3.63) is 23.8 Å². The first kappa shape index (κ1) is 17.3. The maximum Gasteiger partial charge on any atom is 0.320 e. The van der Waals surface area contributed by atoms with Gasteiger partial charge in [-0.1, -0.05) is 38.3 Å². The quantitative estimate of drug-likeness (QED) is 0.648. The fourth-order valence-electron chi connectivity index (χ4n) is 2.07. The van der Waals surface area contributed by atoms with Crippen LogP contribution in [-0.4, -0.2) is 30.8 Å². The number of aliphatic carboxylic acids is 1. The Balaban J connectivity index is 2.75. The van der Waals surface area contributed by atoms with E-state index in [1.165, 1.54) is 12.8 Å². The number of para-hydroxylation sites is 1. The number of ether oxygens (including phenoxy) is 2. The summed E-state index contributed by atoms with van der Waals surface area (Å²) in [5.41, 5.74) is 6.37. The number of nitrogens with two attached hydrogens (primary N) is 1. The molecule has 0 aromatic heterocycles. The van der Waals surface area contributed by atoms with Gasteiger partial charge < -0.3 is 20.3 Å². The number of hydrogen-bond donors (Lipinski definition) is 2. The number of benzene rings is 1. The number of carboxylic acids is 1. The lowest BCUT2D eigenvalue weighted by Crippen LogP contribution is -2.32. The summed E-state index contributed by atoms with van der Waals surface area (Å²) in [5, 5.41) is 8.94. The maximum absolute atomic E-state index is 10.9. The SMILES string of the molecule is CCCCCCOc1c(CC(N)C(=O)O)cccc1OC. The van der Waals surface area contributed by atoms with Crippen LogP contribution >= 0.6 is 0 Å². The molecule has 0 fully saturated rings. The average molecular weight is 295 g/mol. The number of unbranched alkanes of at least 4 members (excludes halogenated alkanes) is 3. The van der Waals surface area contributed by atoms with E-state index in [4.69, 9.17) is 20.3 Å². The largest absolute Gasteiger partial charge is 0.493 e. The van der Waals surface area contributed by atoms with Crippen LogP contribution in [0.25, 0.3) is 0 Å². The van der Waals surface area contributed by atoms with E-state index in [0.717, 1.165) is 18.4 Å². The molecule has 1 aromatic carbocycles. The van der Waals surface area contributed by atoms with Crippen molar-refractivity contribution in [3.63, 3.8) is 0 Å². The van der Waals surface area contributed by atoms with Gasteiger partial charge in [-0.25, -0.2) is 0 Å². The predicted molar refractivity (Wildman–Crippen MR) is 81.9 cm³/mol. The highest BCUT2D eigenvalue weighted by Crippen LogP contribution is 2.32. The summed E-state index contributed by atoms with van der Waals surface area (Å²) in [7, 11) is 1.57. The van der Waals surface area contributed by atoms with Gasteiger partial charge >= 0.3 is 5.97 Å². The van der Waals surface area contributed by atoms with Crippen molar-refractivity contribution in [1.29, 1.82) is 0 Å². The molecule has 0 saturated heterocycles. The zero-order valence-corrected chi connectivity index (χ0v) is 12.8. The van der Waals surface area contributed by atoms with Crippen LogP contribution in [0.3, 0.4) is 0 Å². The number of methoxy groups -OCH3 is 1. The summed E-state index contributed by atoms with van der Waals surface area (Å²) < 4.78 is 11.1. The Morgan fingerprint density at radius 2 is 2.10 bits per heavy atom. The van der Waals surface area contributed by atoms with Gasteiger partial charge in [0.05, 0.1) is 13.7 Å². The second kappa shape index (κ2) is 9.23. The fraction of sp³-hybridized carbons (Fsp3) is 0.562. The molecule has 0 radical (unpaired) electrons. The van der Waals surface area contributed by atoms with Crippen LogP contribution < -0.4 is 15.2 Å². The summed E-state index contributed by atoms with van der Waals surface area (Å²) in [6, 6.07) is 4.50. The molecule has 21 heavy (non-hydrogen) atoms. The van der Waals surface area contributed by atoms with Crippen LogP contribution in [0.2, 0.25) is 0 Å². The van der Waals surface area contributed by atoms with Crippen molar-refractivity contribution in [2.75, 3.05) is 13.7 Å². The highest BCUT2D eigenvalue weighted by atomic mass is 16.5. The molecule has 0 heterocycles. The minimum Gasteiger partial charge on any atom is -0.493 e. The molecule has 1 unspecified atom stereocenters. The highest BCUT2D eigenvalue weighted by molar-refractivity contribution is 5.73. The van der Waals surface area contributed by atoms with Gasteiger partial charge in [-0.2, -0.15) is 0 Å². The molecular weight excluding hydrogens is 270 g/mol. The van der Waals surface area contributed by atoms with Crippen molar-refractivity contribution >= 4 is 5.97 Å². The monoisotopic (exact) mass is 295 g/mol. The Kier molecular flexibility index (Phi) is 7.61. The van der Waals surface area contributed by atoms with Crippen molar-refractivity contribution in [2.45, 2.75) is 45.1 Å². The minimum atomic E-state index is -1.02. The molecule has 0 saturated carbocycles. The molecule has 118 valence electrons. The Labute approximate surface area is 126 Å².